The van der Waals surface area contributed by atoms with Gasteiger partial charge in [0.05, 0.1) is 0 Å². The third-order valence-electron chi connectivity index (χ3n) is 12.2. The van der Waals surface area contributed by atoms with E-state index in [0.717, 1.165) is 38.5 Å². The monoisotopic (exact) mass is 775 g/mol. The standard InChI is InChI=1S/C58H78/c1-10-15-26-44-39-49(29-18-13-4)56(50(40-44)30-19-14-5)58-53(51-36-24-23-33-48(51)37-42(6)7)41-52(45-31-21-20-22-32-45)57(54(58)38-43(8)9)55-46(27-16-11-2)34-25-35-47(55)28-17-12-3/h20-25,31-36,39-43H,10-19,26-30,37-38H2,1-9H3. The number of hydrogen-bond donors (Lipinski definition) is 0. The van der Waals surface area contributed by atoms with E-state index < -0.39 is 0 Å². The Balaban J connectivity index is 2.12. The minimum Gasteiger partial charge on any atom is -0.0654 e. The summed E-state index contributed by atoms with van der Waals surface area (Å²) in [5.74, 6) is 1.06. The second kappa shape index (κ2) is 23.0. The van der Waals surface area contributed by atoms with Crippen molar-refractivity contribution in [2.75, 3.05) is 0 Å². The van der Waals surface area contributed by atoms with Gasteiger partial charge in [-0.05, 0) is 178 Å². The highest BCUT2D eigenvalue weighted by Crippen LogP contribution is 2.51. The van der Waals surface area contributed by atoms with Crippen LogP contribution in [0.25, 0.3) is 44.5 Å². The molecule has 0 aromatic heterocycles. The lowest BCUT2D eigenvalue weighted by molar-refractivity contribution is 0.647. The van der Waals surface area contributed by atoms with Crippen molar-refractivity contribution in [2.24, 2.45) is 11.8 Å². The highest BCUT2D eigenvalue weighted by Gasteiger charge is 2.29. The Bertz CT molecular complexity index is 1950. The molecule has 0 aliphatic heterocycles. The molecule has 0 spiro atoms. The molecule has 0 radical (unpaired) electrons. The molecule has 0 unspecified atom stereocenters. The Labute approximate surface area is 356 Å². The molecule has 0 aliphatic rings. The molecule has 0 nitrogen and oxygen atoms in total. The first-order valence-electron chi connectivity index (χ1n) is 23.9. The second-order valence-corrected chi connectivity index (χ2v) is 18.2. The fourth-order valence-electron chi connectivity index (χ4n) is 9.32. The van der Waals surface area contributed by atoms with Gasteiger partial charge in [0.15, 0.2) is 0 Å². The molecule has 0 heteroatoms. The lowest BCUT2D eigenvalue weighted by atomic mass is 9.73. The number of hydrogen-bond acceptors (Lipinski definition) is 0. The Morgan fingerprint density at radius 3 is 1.34 bits per heavy atom. The van der Waals surface area contributed by atoms with Gasteiger partial charge in [-0.1, -0.05) is 179 Å². The van der Waals surface area contributed by atoms with E-state index in [1.807, 2.05) is 0 Å². The predicted octanol–water partition coefficient (Wildman–Crippen LogP) is 17.5. The summed E-state index contributed by atoms with van der Waals surface area (Å²) in [4.78, 5) is 0. The second-order valence-electron chi connectivity index (χ2n) is 18.2. The van der Waals surface area contributed by atoms with Gasteiger partial charge in [-0.2, -0.15) is 0 Å². The first-order valence-corrected chi connectivity index (χ1v) is 23.9. The number of benzene rings is 5. The summed E-state index contributed by atoms with van der Waals surface area (Å²) in [5.41, 5.74) is 22.5. The van der Waals surface area contributed by atoms with Gasteiger partial charge in [0.2, 0.25) is 0 Å². The molecule has 0 bridgehead atoms. The van der Waals surface area contributed by atoms with Gasteiger partial charge in [-0.25, -0.2) is 0 Å². The van der Waals surface area contributed by atoms with Crippen LogP contribution in [-0.2, 0) is 44.9 Å². The highest BCUT2D eigenvalue weighted by molar-refractivity contribution is 6.01. The van der Waals surface area contributed by atoms with Crippen molar-refractivity contribution in [1.29, 1.82) is 0 Å². The molecule has 0 atom stereocenters. The topological polar surface area (TPSA) is 0 Å². The summed E-state index contributed by atoms with van der Waals surface area (Å²) >= 11 is 0. The quantitative estimate of drug-likeness (QED) is 0.0620. The lowest BCUT2D eigenvalue weighted by Crippen LogP contribution is -2.10. The molecule has 0 saturated carbocycles. The molecule has 5 aromatic carbocycles. The summed E-state index contributed by atoms with van der Waals surface area (Å²) in [6.07, 6.45) is 19.9. The predicted molar refractivity (Wildman–Crippen MR) is 258 cm³/mol. The molecule has 58 heavy (non-hydrogen) atoms. The summed E-state index contributed by atoms with van der Waals surface area (Å²) < 4.78 is 0. The SMILES string of the molecule is CCCCc1cc(CCCC)c(-c2c(-c3ccccc3CC(C)C)cc(-c3ccccc3)c(-c3c(CCCC)cccc3CCCC)c2CC(C)C)c(CCCC)c1. The molecule has 0 aliphatic carbocycles. The van der Waals surface area contributed by atoms with Crippen molar-refractivity contribution in [3.8, 4) is 44.5 Å². The largest absolute Gasteiger partial charge is 0.0654 e. The molecule has 0 fully saturated rings. The van der Waals surface area contributed by atoms with Crippen molar-refractivity contribution in [3.63, 3.8) is 0 Å². The summed E-state index contributed by atoms with van der Waals surface area (Å²) in [6.45, 7) is 21.5. The van der Waals surface area contributed by atoms with Crippen molar-refractivity contribution in [2.45, 2.75) is 171 Å². The van der Waals surface area contributed by atoms with E-state index in [4.69, 9.17) is 0 Å². The average molecular weight is 775 g/mol. The fourth-order valence-corrected chi connectivity index (χ4v) is 9.32. The van der Waals surface area contributed by atoms with Gasteiger partial charge in [0, 0.05) is 0 Å². The normalized spacial score (nSPS) is 11.6. The molecule has 5 rings (SSSR count). The van der Waals surface area contributed by atoms with Gasteiger partial charge in [-0.15, -0.1) is 0 Å². The van der Waals surface area contributed by atoms with Crippen LogP contribution in [0.5, 0.6) is 0 Å². The van der Waals surface area contributed by atoms with Crippen molar-refractivity contribution in [1.82, 2.24) is 0 Å². The van der Waals surface area contributed by atoms with Crippen LogP contribution < -0.4 is 0 Å². The molecule has 5 aromatic rings. The van der Waals surface area contributed by atoms with Crippen LogP contribution in [0.1, 0.15) is 165 Å². The van der Waals surface area contributed by atoms with E-state index in [2.05, 4.69) is 153 Å². The molecular formula is C58H78. The minimum absolute atomic E-state index is 0.492. The Morgan fingerprint density at radius 2 is 0.810 bits per heavy atom. The molecule has 310 valence electrons. The van der Waals surface area contributed by atoms with Gasteiger partial charge in [0.25, 0.3) is 0 Å². The maximum atomic E-state index is 2.68. The third kappa shape index (κ3) is 11.4. The molecular weight excluding hydrogens is 697 g/mol. The van der Waals surface area contributed by atoms with E-state index in [9.17, 15) is 0 Å². The maximum absolute atomic E-state index is 2.68. The van der Waals surface area contributed by atoms with Gasteiger partial charge in [0.1, 0.15) is 0 Å². The highest BCUT2D eigenvalue weighted by atomic mass is 14.3. The van der Waals surface area contributed by atoms with Crippen molar-refractivity contribution >= 4 is 0 Å². The lowest BCUT2D eigenvalue weighted by Gasteiger charge is -2.30. The van der Waals surface area contributed by atoms with Gasteiger partial charge in [-0.3, -0.25) is 0 Å². The van der Waals surface area contributed by atoms with E-state index >= 15 is 0 Å². The van der Waals surface area contributed by atoms with Crippen molar-refractivity contribution in [3.05, 3.63) is 130 Å². The zero-order chi connectivity index (χ0) is 41.4. The smallest absolute Gasteiger partial charge is 0.00609 e. The maximum Gasteiger partial charge on any atom is -0.00609 e. The van der Waals surface area contributed by atoms with Crippen LogP contribution in [0.15, 0.2) is 91.0 Å². The van der Waals surface area contributed by atoms with Gasteiger partial charge >= 0.3 is 0 Å². The first kappa shape index (κ1) is 45.2. The summed E-state index contributed by atoms with van der Waals surface area (Å²) in [5, 5.41) is 0. The van der Waals surface area contributed by atoms with E-state index in [1.165, 1.54) is 126 Å². The average Bonchev–Trinajstić information content (AvgIpc) is 3.22. The zero-order valence-electron chi connectivity index (χ0n) is 38.3. The summed E-state index contributed by atoms with van der Waals surface area (Å²) in [7, 11) is 0. The van der Waals surface area contributed by atoms with E-state index in [-0.39, 0.29) is 0 Å². The van der Waals surface area contributed by atoms with E-state index in [0.29, 0.717) is 11.8 Å². The fraction of sp³-hybridized carbons (Fsp3) is 0.483. The van der Waals surface area contributed by atoms with Crippen LogP contribution in [0.4, 0.5) is 0 Å². The summed E-state index contributed by atoms with van der Waals surface area (Å²) in [6, 6.07) is 36.2. The van der Waals surface area contributed by atoms with Gasteiger partial charge < -0.3 is 0 Å². The van der Waals surface area contributed by atoms with Crippen LogP contribution >= 0.6 is 0 Å². The Morgan fingerprint density at radius 1 is 0.362 bits per heavy atom. The number of rotatable bonds is 23. The van der Waals surface area contributed by atoms with E-state index in [1.54, 1.807) is 27.8 Å². The Kier molecular flexibility index (Phi) is 17.9. The first-order chi connectivity index (χ1) is 28.3. The zero-order valence-corrected chi connectivity index (χ0v) is 38.3. The van der Waals surface area contributed by atoms with Crippen LogP contribution in [0.2, 0.25) is 0 Å². The Hall–Kier alpha value is -3.90. The third-order valence-corrected chi connectivity index (χ3v) is 12.2. The number of aryl methyl sites for hydroxylation is 5. The van der Waals surface area contributed by atoms with Crippen molar-refractivity contribution < 1.29 is 0 Å². The van der Waals surface area contributed by atoms with Crippen LogP contribution in [0.3, 0.4) is 0 Å². The number of unbranched alkanes of at least 4 members (excludes halogenated alkanes) is 5. The van der Waals surface area contributed by atoms with Crippen LogP contribution in [0, 0.1) is 11.8 Å². The molecule has 0 amide bonds. The molecule has 0 saturated heterocycles. The molecule has 0 N–H and O–H groups in total. The van der Waals surface area contributed by atoms with Crippen LogP contribution in [-0.4, -0.2) is 0 Å². The molecule has 0 heterocycles. The minimum atomic E-state index is 0.492.